The van der Waals surface area contributed by atoms with Crippen LogP contribution in [0, 0.1) is 6.92 Å². The van der Waals surface area contributed by atoms with E-state index in [2.05, 4.69) is 15.5 Å². The summed E-state index contributed by atoms with van der Waals surface area (Å²) in [7, 11) is 0. The van der Waals surface area contributed by atoms with Crippen LogP contribution in [0.15, 0.2) is 59.3 Å². The monoisotopic (exact) mass is 366 g/mol. The number of anilines is 1. The number of hydrogen-bond acceptors (Lipinski definition) is 4. The Balaban J connectivity index is 1.71. The molecule has 1 N–H and O–H groups in total. The van der Waals surface area contributed by atoms with Crippen LogP contribution in [0.2, 0.25) is 5.02 Å². The number of nitrogens with zero attached hydrogens (tertiary/aromatic N) is 3. The molecule has 0 aliphatic heterocycles. The maximum absolute atomic E-state index is 12.5. The number of carbonyl (C=O) groups excluding carboxylic acids is 1. The van der Waals surface area contributed by atoms with Gasteiger partial charge < -0.3 is 14.2 Å². The second-order valence-corrected chi connectivity index (χ2v) is 6.33. The summed E-state index contributed by atoms with van der Waals surface area (Å²) in [4.78, 5) is 17.2. The van der Waals surface area contributed by atoms with E-state index in [4.69, 9.17) is 16.1 Å². The molecule has 6 nitrogen and oxygen atoms in total. The lowest BCUT2D eigenvalue weighted by molar-refractivity contribution is -0.115. The summed E-state index contributed by atoms with van der Waals surface area (Å²) in [6, 6.07) is 14.8. The number of imidazole rings is 1. The normalized spacial score (nSPS) is 11.0. The van der Waals surface area contributed by atoms with Crippen LogP contribution in [0.5, 0.6) is 0 Å². The zero-order chi connectivity index (χ0) is 18.1. The highest BCUT2D eigenvalue weighted by Gasteiger charge is 2.17. The van der Waals surface area contributed by atoms with Gasteiger partial charge in [0, 0.05) is 22.8 Å². The molecule has 7 heteroatoms. The van der Waals surface area contributed by atoms with Crippen LogP contribution in [-0.4, -0.2) is 20.4 Å². The number of rotatable bonds is 4. The van der Waals surface area contributed by atoms with Crippen molar-refractivity contribution in [2.24, 2.45) is 0 Å². The average molecular weight is 367 g/mol. The molecule has 0 aliphatic carbocycles. The van der Waals surface area contributed by atoms with Gasteiger partial charge in [-0.1, -0.05) is 35.0 Å². The maximum atomic E-state index is 12.5. The lowest BCUT2D eigenvalue weighted by atomic mass is 10.1. The number of halogens is 1. The van der Waals surface area contributed by atoms with E-state index in [1.165, 1.54) is 0 Å². The lowest BCUT2D eigenvalue weighted by Crippen LogP contribution is -2.16. The molecule has 0 bridgehead atoms. The first-order valence-corrected chi connectivity index (χ1v) is 8.43. The zero-order valence-electron chi connectivity index (χ0n) is 13.9. The number of aromatic nitrogens is 3. The molecule has 130 valence electrons. The van der Waals surface area contributed by atoms with Gasteiger partial charge >= 0.3 is 0 Å². The Labute approximate surface area is 154 Å². The highest BCUT2D eigenvalue weighted by Crippen LogP contribution is 2.26. The van der Waals surface area contributed by atoms with Gasteiger partial charge in [0.05, 0.1) is 17.8 Å². The molecule has 0 fully saturated rings. The van der Waals surface area contributed by atoms with Gasteiger partial charge in [-0.25, -0.2) is 4.98 Å². The first-order chi connectivity index (χ1) is 12.6. The molecule has 0 radical (unpaired) electrons. The maximum Gasteiger partial charge on any atom is 0.231 e. The molecular formula is C19H15ClN4O2. The molecule has 0 saturated heterocycles. The quantitative estimate of drug-likeness (QED) is 0.589. The van der Waals surface area contributed by atoms with E-state index < -0.39 is 0 Å². The minimum Gasteiger partial charge on any atom is -0.360 e. The third kappa shape index (κ3) is 3.19. The molecule has 3 aromatic heterocycles. The summed E-state index contributed by atoms with van der Waals surface area (Å²) in [5, 5.41) is 7.19. The Hall–Kier alpha value is -3.12. The van der Waals surface area contributed by atoms with Crippen molar-refractivity contribution >= 4 is 29.0 Å². The van der Waals surface area contributed by atoms with Gasteiger partial charge in [0.25, 0.3) is 0 Å². The predicted octanol–water partition coefficient (Wildman–Crippen LogP) is 4.13. The Kier molecular flexibility index (Phi) is 4.18. The number of aryl methyl sites for hydroxylation is 1. The first-order valence-electron chi connectivity index (χ1n) is 8.05. The number of pyridine rings is 1. The Bertz CT molecular complexity index is 1080. The van der Waals surface area contributed by atoms with Crippen molar-refractivity contribution in [3.8, 4) is 11.3 Å². The van der Waals surface area contributed by atoms with Crippen LogP contribution in [0.25, 0.3) is 16.9 Å². The van der Waals surface area contributed by atoms with Crippen LogP contribution in [0.3, 0.4) is 0 Å². The number of amides is 1. The van der Waals surface area contributed by atoms with Crippen LogP contribution in [0.1, 0.15) is 11.5 Å². The van der Waals surface area contributed by atoms with E-state index in [0.29, 0.717) is 16.6 Å². The van der Waals surface area contributed by atoms with Crippen LogP contribution in [-0.2, 0) is 11.2 Å². The zero-order valence-corrected chi connectivity index (χ0v) is 14.7. The largest absolute Gasteiger partial charge is 0.360 e. The molecule has 4 aromatic rings. The Morgan fingerprint density at radius 1 is 1.23 bits per heavy atom. The van der Waals surface area contributed by atoms with Gasteiger partial charge in [-0.15, -0.1) is 0 Å². The van der Waals surface area contributed by atoms with Crippen molar-refractivity contribution in [3.63, 3.8) is 0 Å². The second kappa shape index (κ2) is 6.65. The second-order valence-electron chi connectivity index (χ2n) is 5.89. The Morgan fingerprint density at radius 2 is 2.04 bits per heavy atom. The van der Waals surface area contributed by atoms with Gasteiger partial charge in [0.15, 0.2) is 5.82 Å². The number of carbonyl (C=O) groups is 1. The number of hydrogen-bond donors (Lipinski definition) is 1. The predicted molar refractivity (Wildman–Crippen MR) is 99.2 cm³/mol. The van der Waals surface area contributed by atoms with Crippen molar-refractivity contribution in [2.45, 2.75) is 13.3 Å². The number of benzene rings is 1. The fourth-order valence-corrected chi connectivity index (χ4v) is 2.94. The van der Waals surface area contributed by atoms with E-state index >= 15 is 0 Å². The highest BCUT2D eigenvalue weighted by molar-refractivity contribution is 6.30. The van der Waals surface area contributed by atoms with Crippen molar-refractivity contribution in [1.29, 1.82) is 0 Å². The van der Waals surface area contributed by atoms with Crippen LogP contribution < -0.4 is 5.32 Å². The SMILES string of the molecule is Cc1cc(NC(=O)Cc2c(-c3ccc(Cl)cc3)nc3ccccn23)no1. The van der Waals surface area contributed by atoms with Gasteiger partial charge in [-0.05, 0) is 31.2 Å². The Morgan fingerprint density at radius 3 is 2.77 bits per heavy atom. The van der Waals surface area contributed by atoms with Crippen molar-refractivity contribution in [2.75, 3.05) is 5.32 Å². The minimum absolute atomic E-state index is 0.148. The summed E-state index contributed by atoms with van der Waals surface area (Å²) in [6.45, 7) is 1.77. The molecular weight excluding hydrogens is 352 g/mol. The molecule has 0 aliphatic rings. The van der Waals surface area contributed by atoms with E-state index in [9.17, 15) is 4.79 Å². The third-order valence-corrected chi connectivity index (χ3v) is 4.22. The standard InChI is InChI=1S/C19H15ClN4O2/c1-12-10-16(23-26-12)21-18(25)11-15-19(13-5-7-14(20)8-6-13)22-17-4-2-3-9-24(15)17/h2-10H,11H2,1H3,(H,21,23,25). The first kappa shape index (κ1) is 16.4. The fourth-order valence-electron chi connectivity index (χ4n) is 2.82. The number of nitrogens with one attached hydrogen (secondary N) is 1. The molecule has 0 unspecified atom stereocenters. The van der Waals surface area contributed by atoms with E-state index in [1.807, 2.05) is 53.1 Å². The van der Waals surface area contributed by atoms with Gasteiger partial charge in [-0.2, -0.15) is 0 Å². The molecule has 0 spiro atoms. The summed E-state index contributed by atoms with van der Waals surface area (Å²) in [5.41, 5.74) is 3.22. The van der Waals surface area contributed by atoms with Crippen molar-refractivity contribution in [3.05, 3.63) is 71.2 Å². The molecule has 4 rings (SSSR count). The van der Waals surface area contributed by atoms with E-state index in [1.54, 1.807) is 13.0 Å². The molecule has 1 amide bonds. The summed E-state index contributed by atoms with van der Waals surface area (Å²) < 4.78 is 6.89. The third-order valence-electron chi connectivity index (χ3n) is 3.97. The molecule has 0 atom stereocenters. The molecule has 26 heavy (non-hydrogen) atoms. The van der Waals surface area contributed by atoms with Crippen molar-refractivity contribution in [1.82, 2.24) is 14.5 Å². The van der Waals surface area contributed by atoms with E-state index in [-0.39, 0.29) is 12.3 Å². The van der Waals surface area contributed by atoms with Gasteiger partial charge in [-0.3, -0.25) is 4.79 Å². The molecule has 1 aromatic carbocycles. The smallest absolute Gasteiger partial charge is 0.231 e. The van der Waals surface area contributed by atoms with Gasteiger partial charge in [0.1, 0.15) is 11.4 Å². The summed E-state index contributed by atoms with van der Waals surface area (Å²) in [6.07, 6.45) is 2.04. The average Bonchev–Trinajstić information content (AvgIpc) is 3.19. The molecule has 0 saturated carbocycles. The molecule has 3 heterocycles. The topological polar surface area (TPSA) is 72.4 Å². The fraction of sp³-hybridized carbons (Fsp3) is 0.105. The number of fused-ring (bicyclic) bond motifs is 1. The lowest BCUT2D eigenvalue weighted by Gasteiger charge is -2.06. The van der Waals surface area contributed by atoms with E-state index in [0.717, 1.165) is 22.6 Å². The minimum atomic E-state index is -0.195. The summed E-state index contributed by atoms with van der Waals surface area (Å²) in [5.74, 6) is 0.838. The van der Waals surface area contributed by atoms with Crippen LogP contribution >= 0.6 is 11.6 Å². The van der Waals surface area contributed by atoms with Crippen molar-refractivity contribution < 1.29 is 9.32 Å². The summed E-state index contributed by atoms with van der Waals surface area (Å²) >= 11 is 5.99. The highest BCUT2D eigenvalue weighted by atomic mass is 35.5. The van der Waals surface area contributed by atoms with Gasteiger partial charge in [0.2, 0.25) is 5.91 Å². The van der Waals surface area contributed by atoms with Crippen LogP contribution in [0.4, 0.5) is 5.82 Å².